The molecule has 0 spiro atoms. The Labute approximate surface area is 103 Å². The molecule has 1 heterocycles. The van der Waals surface area contributed by atoms with Gasteiger partial charge >= 0.3 is 5.63 Å². The molecule has 0 saturated heterocycles. The number of aryl methyl sites for hydroxylation is 1. The number of nitrogens with two attached hydrogens (primary N) is 1. The molecule has 2 aromatic rings. The zero-order chi connectivity index (χ0) is 13.1. The molecular weight excluding hydrogens is 234 g/mol. The number of hydrogen-bond donors (Lipinski definition) is 1. The number of ether oxygens (including phenoxy) is 1. The van der Waals surface area contributed by atoms with Crippen LogP contribution in [0, 0.1) is 6.92 Å². The van der Waals surface area contributed by atoms with Crippen molar-refractivity contribution in [3.63, 3.8) is 0 Å². The molecule has 0 fully saturated rings. The first-order valence-electron chi connectivity index (χ1n) is 5.52. The largest absolute Gasteiger partial charge is 0.493 e. The number of hydrogen-bond acceptors (Lipinski definition) is 4. The van der Waals surface area contributed by atoms with E-state index >= 15 is 0 Å². The number of carbonyl (C=O) groups is 1. The van der Waals surface area contributed by atoms with Gasteiger partial charge in [0.1, 0.15) is 11.3 Å². The van der Waals surface area contributed by atoms with Crippen molar-refractivity contribution >= 4 is 16.9 Å². The third kappa shape index (κ3) is 2.68. The van der Waals surface area contributed by atoms with Crippen LogP contribution in [0.5, 0.6) is 5.75 Å². The third-order valence-corrected chi connectivity index (χ3v) is 2.54. The van der Waals surface area contributed by atoms with Crippen molar-refractivity contribution in [3.8, 4) is 5.75 Å². The molecule has 0 aliphatic rings. The minimum atomic E-state index is -0.418. The van der Waals surface area contributed by atoms with Gasteiger partial charge in [-0.25, -0.2) is 4.79 Å². The Morgan fingerprint density at radius 1 is 1.39 bits per heavy atom. The summed E-state index contributed by atoms with van der Waals surface area (Å²) in [5.41, 5.74) is 5.93. The normalized spacial score (nSPS) is 10.5. The Morgan fingerprint density at radius 2 is 2.17 bits per heavy atom. The molecule has 2 N–H and O–H groups in total. The van der Waals surface area contributed by atoms with E-state index in [0.717, 1.165) is 10.9 Å². The molecule has 1 aromatic heterocycles. The fourth-order valence-corrected chi connectivity index (χ4v) is 1.66. The molecule has 94 valence electrons. The van der Waals surface area contributed by atoms with E-state index in [9.17, 15) is 9.59 Å². The highest BCUT2D eigenvalue weighted by molar-refractivity contribution is 5.81. The number of amides is 1. The van der Waals surface area contributed by atoms with Gasteiger partial charge in [0.2, 0.25) is 5.91 Å². The standard InChI is InChI=1S/C13H13NO4/c1-8-6-13(16)18-11-7-9(2-3-10(8)11)17-5-4-12(14)15/h2-3,6-7H,4-5H2,1H3,(H2,14,15). The molecular formula is C13H13NO4. The van der Waals surface area contributed by atoms with Crippen LogP contribution in [0.2, 0.25) is 0 Å². The molecule has 0 atom stereocenters. The summed E-state index contributed by atoms with van der Waals surface area (Å²) in [5.74, 6) is 0.121. The van der Waals surface area contributed by atoms with Crippen molar-refractivity contribution in [2.45, 2.75) is 13.3 Å². The van der Waals surface area contributed by atoms with Gasteiger partial charge in [-0.1, -0.05) is 0 Å². The lowest BCUT2D eigenvalue weighted by Gasteiger charge is -2.06. The second-order valence-corrected chi connectivity index (χ2v) is 3.97. The SMILES string of the molecule is Cc1cc(=O)oc2cc(OCCC(N)=O)ccc12. The Bertz CT molecular complexity index is 645. The molecule has 2 rings (SSSR count). The Morgan fingerprint density at radius 3 is 2.89 bits per heavy atom. The summed E-state index contributed by atoms with van der Waals surface area (Å²) in [6.45, 7) is 2.05. The first-order chi connectivity index (χ1) is 8.56. The summed E-state index contributed by atoms with van der Waals surface area (Å²) in [5, 5.41) is 0.858. The fraction of sp³-hybridized carbons (Fsp3) is 0.231. The number of primary amides is 1. The fourth-order valence-electron chi connectivity index (χ4n) is 1.66. The average molecular weight is 247 g/mol. The maximum atomic E-state index is 11.3. The Kier molecular flexibility index (Phi) is 3.32. The van der Waals surface area contributed by atoms with E-state index in [4.69, 9.17) is 14.9 Å². The smallest absolute Gasteiger partial charge is 0.336 e. The zero-order valence-corrected chi connectivity index (χ0v) is 9.93. The van der Waals surface area contributed by atoms with Crippen LogP contribution in [0.25, 0.3) is 11.0 Å². The highest BCUT2D eigenvalue weighted by Crippen LogP contribution is 2.22. The van der Waals surface area contributed by atoms with Gasteiger partial charge in [-0.2, -0.15) is 0 Å². The van der Waals surface area contributed by atoms with Crippen LogP contribution in [-0.2, 0) is 4.79 Å². The quantitative estimate of drug-likeness (QED) is 0.827. The van der Waals surface area contributed by atoms with Gasteiger partial charge in [0, 0.05) is 17.5 Å². The van der Waals surface area contributed by atoms with E-state index < -0.39 is 11.5 Å². The molecule has 5 nitrogen and oxygen atoms in total. The summed E-state index contributed by atoms with van der Waals surface area (Å²) in [6.07, 6.45) is 0.149. The summed E-state index contributed by atoms with van der Waals surface area (Å²) < 4.78 is 10.4. The van der Waals surface area contributed by atoms with Gasteiger partial charge in [0.05, 0.1) is 13.0 Å². The van der Waals surface area contributed by atoms with E-state index in [1.54, 1.807) is 12.1 Å². The summed E-state index contributed by atoms with van der Waals surface area (Å²) in [7, 11) is 0. The lowest BCUT2D eigenvalue weighted by molar-refractivity contribution is -0.118. The summed E-state index contributed by atoms with van der Waals surface area (Å²) in [4.78, 5) is 21.8. The van der Waals surface area contributed by atoms with E-state index in [0.29, 0.717) is 11.3 Å². The molecule has 1 aromatic carbocycles. The summed E-state index contributed by atoms with van der Waals surface area (Å²) >= 11 is 0. The number of fused-ring (bicyclic) bond motifs is 1. The molecule has 0 radical (unpaired) electrons. The van der Waals surface area contributed by atoms with Crippen molar-refractivity contribution in [2.24, 2.45) is 5.73 Å². The van der Waals surface area contributed by atoms with Crippen molar-refractivity contribution in [3.05, 3.63) is 40.2 Å². The van der Waals surface area contributed by atoms with Crippen molar-refractivity contribution in [2.75, 3.05) is 6.61 Å². The molecule has 0 unspecified atom stereocenters. The van der Waals surface area contributed by atoms with Gasteiger partial charge < -0.3 is 14.9 Å². The van der Waals surface area contributed by atoms with E-state index in [-0.39, 0.29) is 13.0 Å². The minimum absolute atomic E-state index is 0.149. The topological polar surface area (TPSA) is 82.5 Å². The molecule has 5 heteroatoms. The molecule has 1 amide bonds. The first-order valence-corrected chi connectivity index (χ1v) is 5.52. The summed E-state index contributed by atoms with van der Waals surface area (Å²) in [6, 6.07) is 6.64. The third-order valence-electron chi connectivity index (χ3n) is 2.54. The van der Waals surface area contributed by atoms with Crippen LogP contribution >= 0.6 is 0 Å². The van der Waals surface area contributed by atoms with Crippen LogP contribution in [0.1, 0.15) is 12.0 Å². The van der Waals surface area contributed by atoms with Gasteiger partial charge in [0.25, 0.3) is 0 Å². The molecule has 0 aliphatic heterocycles. The van der Waals surface area contributed by atoms with E-state index in [1.165, 1.54) is 6.07 Å². The van der Waals surface area contributed by atoms with Gasteiger partial charge in [-0.3, -0.25) is 4.79 Å². The Hall–Kier alpha value is -2.30. The number of carbonyl (C=O) groups excluding carboxylic acids is 1. The van der Waals surface area contributed by atoms with Crippen LogP contribution in [0.4, 0.5) is 0 Å². The Balaban J connectivity index is 2.27. The maximum absolute atomic E-state index is 11.3. The van der Waals surface area contributed by atoms with E-state index in [1.807, 2.05) is 13.0 Å². The number of benzene rings is 1. The predicted molar refractivity (Wildman–Crippen MR) is 66.5 cm³/mol. The minimum Gasteiger partial charge on any atom is -0.493 e. The van der Waals surface area contributed by atoms with Crippen molar-refractivity contribution < 1.29 is 13.9 Å². The molecule has 0 aliphatic carbocycles. The highest BCUT2D eigenvalue weighted by Gasteiger charge is 2.04. The lowest BCUT2D eigenvalue weighted by Crippen LogP contribution is -2.14. The van der Waals surface area contributed by atoms with Gasteiger partial charge in [0.15, 0.2) is 0 Å². The second-order valence-electron chi connectivity index (χ2n) is 3.97. The second kappa shape index (κ2) is 4.91. The van der Waals surface area contributed by atoms with Crippen LogP contribution in [-0.4, -0.2) is 12.5 Å². The van der Waals surface area contributed by atoms with E-state index in [2.05, 4.69) is 0 Å². The zero-order valence-electron chi connectivity index (χ0n) is 9.93. The average Bonchev–Trinajstić information content (AvgIpc) is 2.27. The maximum Gasteiger partial charge on any atom is 0.336 e. The van der Waals surface area contributed by atoms with Crippen LogP contribution in [0.3, 0.4) is 0 Å². The number of rotatable bonds is 4. The lowest BCUT2D eigenvalue weighted by atomic mass is 10.1. The molecule has 0 saturated carbocycles. The molecule has 0 bridgehead atoms. The predicted octanol–water partition coefficient (Wildman–Crippen LogP) is 1.36. The van der Waals surface area contributed by atoms with Crippen LogP contribution < -0.4 is 16.1 Å². The highest BCUT2D eigenvalue weighted by atomic mass is 16.5. The monoisotopic (exact) mass is 247 g/mol. The van der Waals surface area contributed by atoms with Gasteiger partial charge in [-0.15, -0.1) is 0 Å². The van der Waals surface area contributed by atoms with Gasteiger partial charge in [-0.05, 0) is 24.6 Å². The first kappa shape index (κ1) is 12.2. The van der Waals surface area contributed by atoms with Crippen molar-refractivity contribution in [1.29, 1.82) is 0 Å². The van der Waals surface area contributed by atoms with Crippen LogP contribution in [0.15, 0.2) is 33.5 Å². The molecule has 18 heavy (non-hydrogen) atoms. The van der Waals surface area contributed by atoms with Crippen molar-refractivity contribution in [1.82, 2.24) is 0 Å².